The van der Waals surface area contributed by atoms with Crippen molar-refractivity contribution in [2.24, 2.45) is 0 Å². The summed E-state index contributed by atoms with van der Waals surface area (Å²) in [6.07, 6.45) is 1.92. The van der Waals surface area contributed by atoms with E-state index in [-0.39, 0.29) is 0 Å². The first kappa shape index (κ1) is 17.5. The van der Waals surface area contributed by atoms with Crippen LogP contribution in [0.15, 0.2) is 59.1 Å². The number of rotatable bonds is 3. The van der Waals surface area contributed by atoms with Gasteiger partial charge in [0.2, 0.25) is 0 Å². The lowest BCUT2D eigenvalue weighted by molar-refractivity contribution is 0.963. The summed E-state index contributed by atoms with van der Waals surface area (Å²) in [5, 5.41) is 10.2. The average molecular weight is 412 g/mol. The Labute approximate surface area is 161 Å². The number of benzene rings is 2. The Hall–Kier alpha value is -2.28. The lowest BCUT2D eigenvalue weighted by Crippen LogP contribution is -1.98. The summed E-state index contributed by atoms with van der Waals surface area (Å²) in [4.78, 5) is 0. The minimum absolute atomic E-state index is 0.594. The standard InChI is InChI=1S/C21H16BrClN2/c1-14-9-17(10-18(13-24)16-5-3-7-20(23)11-16)15(2)25(14)21-8-4-6-19(22)12-21/h3-12H,1-2H3/b18-10-. The van der Waals surface area contributed by atoms with Crippen molar-refractivity contribution in [3.63, 3.8) is 0 Å². The van der Waals surface area contributed by atoms with Gasteiger partial charge >= 0.3 is 0 Å². The highest BCUT2D eigenvalue weighted by molar-refractivity contribution is 9.10. The van der Waals surface area contributed by atoms with Crippen LogP contribution in [0.1, 0.15) is 22.5 Å². The number of halogens is 2. The fourth-order valence-corrected chi connectivity index (χ4v) is 3.52. The van der Waals surface area contributed by atoms with Crippen LogP contribution in [0.25, 0.3) is 17.3 Å². The quantitative estimate of drug-likeness (QED) is 0.448. The zero-order valence-electron chi connectivity index (χ0n) is 13.9. The van der Waals surface area contributed by atoms with E-state index in [0.717, 1.165) is 32.7 Å². The molecule has 1 aromatic heterocycles. The summed E-state index contributed by atoms with van der Waals surface area (Å²) in [6, 6.07) is 19.9. The van der Waals surface area contributed by atoms with Crippen molar-refractivity contribution in [1.82, 2.24) is 4.57 Å². The molecule has 0 N–H and O–H groups in total. The molecule has 0 saturated carbocycles. The van der Waals surface area contributed by atoms with Gasteiger partial charge in [0.25, 0.3) is 0 Å². The van der Waals surface area contributed by atoms with Crippen LogP contribution in [0.4, 0.5) is 0 Å². The van der Waals surface area contributed by atoms with Crippen LogP contribution in [-0.4, -0.2) is 4.57 Å². The number of nitriles is 1. The molecule has 3 aromatic rings. The Morgan fingerprint density at radius 2 is 1.88 bits per heavy atom. The Balaban J connectivity index is 2.10. The van der Waals surface area contributed by atoms with Crippen molar-refractivity contribution < 1.29 is 0 Å². The van der Waals surface area contributed by atoms with Gasteiger partial charge in [-0.1, -0.05) is 45.7 Å². The van der Waals surface area contributed by atoms with Gasteiger partial charge in [-0.2, -0.15) is 5.26 Å². The molecule has 0 saturated heterocycles. The third-order valence-electron chi connectivity index (χ3n) is 4.09. The first-order valence-electron chi connectivity index (χ1n) is 7.82. The van der Waals surface area contributed by atoms with E-state index in [0.29, 0.717) is 10.6 Å². The molecule has 2 aromatic carbocycles. The van der Waals surface area contributed by atoms with E-state index in [1.807, 2.05) is 36.4 Å². The maximum Gasteiger partial charge on any atom is 0.0998 e. The fourth-order valence-electron chi connectivity index (χ4n) is 2.94. The molecule has 0 aliphatic heterocycles. The lowest BCUT2D eigenvalue weighted by atomic mass is 10.0. The normalized spacial score (nSPS) is 11.4. The summed E-state index contributed by atoms with van der Waals surface area (Å²) < 4.78 is 3.22. The zero-order chi connectivity index (χ0) is 18.0. The highest BCUT2D eigenvalue weighted by Gasteiger charge is 2.11. The molecule has 0 fully saturated rings. The first-order valence-corrected chi connectivity index (χ1v) is 8.99. The Morgan fingerprint density at radius 1 is 1.12 bits per heavy atom. The van der Waals surface area contributed by atoms with Gasteiger partial charge in [0.1, 0.15) is 0 Å². The lowest BCUT2D eigenvalue weighted by Gasteiger charge is -2.10. The molecule has 0 aliphatic rings. The van der Waals surface area contributed by atoms with Gasteiger partial charge in [0, 0.05) is 26.6 Å². The van der Waals surface area contributed by atoms with Crippen LogP contribution in [0.5, 0.6) is 0 Å². The van der Waals surface area contributed by atoms with Gasteiger partial charge in [-0.05, 0) is 67.4 Å². The highest BCUT2D eigenvalue weighted by atomic mass is 79.9. The van der Waals surface area contributed by atoms with Crippen LogP contribution < -0.4 is 0 Å². The van der Waals surface area contributed by atoms with Crippen LogP contribution in [0.3, 0.4) is 0 Å². The van der Waals surface area contributed by atoms with E-state index in [1.54, 1.807) is 6.07 Å². The smallest absolute Gasteiger partial charge is 0.0998 e. The molecule has 0 unspecified atom stereocenters. The van der Waals surface area contributed by atoms with E-state index in [1.165, 1.54) is 0 Å². The van der Waals surface area contributed by atoms with Crippen molar-refractivity contribution >= 4 is 39.2 Å². The van der Waals surface area contributed by atoms with E-state index in [4.69, 9.17) is 11.6 Å². The van der Waals surface area contributed by atoms with Gasteiger partial charge in [-0.25, -0.2) is 0 Å². The van der Waals surface area contributed by atoms with Crippen molar-refractivity contribution in [3.8, 4) is 11.8 Å². The largest absolute Gasteiger partial charge is 0.318 e. The molecule has 0 radical (unpaired) electrons. The van der Waals surface area contributed by atoms with Crippen LogP contribution in [0, 0.1) is 25.2 Å². The minimum Gasteiger partial charge on any atom is -0.318 e. The van der Waals surface area contributed by atoms with Gasteiger partial charge < -0.3 is 4.57 Å². The molecular formula is C21H16BrClN2. The molecule has 0 aliphatic carbocycles. The molecule has 124 valence electrons. The topological polar surface area (TPSA) is 28.7 Å². The van der Waals surface area contributed by atoms with Crippen molar-refractivity contribution in [1.29, 1.82) is 5.26 Å². The minimum atomic E-state index is 0.594. The van der Waals surface area contributed by atoms with Crippen molar-refractivity contribution in [2.75, 3.05) is 0 Å². The Morgan fingerprint density at radius 3 is 2.56 bits per heavy atom. The molecule has 0 bridgehead atoms. The molecule has 0 amide bonds. The molecule has 2 nitrogen and oxygen atoms in total. The van der Waals surface area contributed by atoms with E-state index >= 15 is 0 Å². The SMILES string of the molecule is Cc1cc(/C=C(/C#N)c2cccc(Cl)c2)c(C)n1-c1cccc(Br)c1. The molecule has 1 heterocycles. The molecule has 3 rings (SSSR count). The maximum absolute atomic E-state index is 9.58. The third kappa shape index (κ3) is 3.71. The molecular weight excluding hydrogens is 396 g/mol. The monoisotopic (exact) mass is 410 g/mol. The van der Waals surface area contributed by atoms with Gasteiger partial charge in [-0.3, -0.25) is 0 Å². The van der Waals surface area contributed by atoms with Crippen molar-refractivity contribution in [3.05, 3.63) is 86.6 Å². The molecule has 0 atom stereocenters. The highest BCUT2D eigenvalue weighted by Crippen LogP contribution is 2.27. The summed E-state index contributed by atoms with van der Waals surface area (Å²) in [5.74, 6) is 0. The number of aromatic nitrogens is 1. The van der Waals surface area contributed by atoms with Gasteiger partial charge in [0.15, 0.2) is 0 Å². The second-order valence-corrected chi connectivity index (χ2v) is 7.17. The number of allylic oxidation sites excluding steroid dienone is 1. The Bertz CT molecular complexity index is 1010. The van der Waals surface area contributed by atoms with Crippen LogP contribution >= 0.6 is 27.5 Å². The predicted octanol–water partition coefficient (Wildman–Crippen LogP) is 6.57. The first-order chi connectivity index (χ1) is 12.0. The number of nitrogens with zero attached hydrogens (tertiary/aromatic N) is 2. The van der Waals surface area contributed by atoms with Crippen LogP contribution in [0.2, 0.25) is 5.02 Å². The summed E-state index contributed by atoms with van der Waals surface area (Å²) >= 11 is 9.58. The third-order valence-corrected chi connectivity index (χ3v) is 4.82. The second kappa shape index (κ2) is 7.31. The van der Waals surface area contributed by atoms with Crippen molar-refractivity contribution in [2.45, 2.75) is 13.8 Å². The molecule has 0 spiro atoms. The van der Waals surface area contributed by atoms with E-state index in [9.17, 15) is 5.26 Å². The number of aryl methyl sites for hydroxylation is 1. The summed E-state index contributed by atoms with van der Waals surface area (Å²) in [5.41, 5.74) is 5.73. The second-order valence-electron chi connectivity index (χ2n) is 5.82. The van der Waals surface area contributed by atoms with E-state index in [2.05, 4.69) is 58.6 Å². The Kier molecular flexibility index (Phi) is 5.13. The number of hydrogen-bond donors (Lipinski definition) is 0. The molecule has 4 heteroatoms. The summed E-state index contributed by atoms with van der Waals surface area (Å²) in [6.45, 7) is 4.13. The molecule has 25 heavy (non-hydrogen) atoms. The predicted molar refractivity (Wildman–Crippen MR) is 108 cm³/mol. The number of hydrogen-bond acceptors (Lipinski definition) is 1. The summed E-state index contributed by atoms with van der Waals surface area (Å²) in [7, 11) is 0. The van der Waals surface area contributed by atoms with E-state index < -0.39 is 0 Å². The van der Waals surface area contributed by atoms with Crippen LogP contribution in [-0.2, 0) is 0 Å². The zero-order valence-corrected chi connectivity index (χ0v) is 16.3. The van der Waals surface area contributed by atoms with Gasteiger partial charge in [-0.15, -0.1) is 0 Å². The fraction of sp³-hybridized carbons (Fsp3) is 0.0952. The van der Waals surface area contributed by atoms with Gasteiger partial charge in [0.05, 0.1) is 11.6 Å². The maximum atomic E-state index is 9.58. The average Bonchev–Trinajstić information content (AvgIpc) is 2.86.